The number of benzene rings is 2. The summed E-state index contributed by atoms with van der Waals surface area (Å²) in [6.07, 6.45) is 0. The number of halogens is 2. The molecule has 0 radical (unpaired) electrons. The zero-order valence-electron chi connectivity index (χ0n) is 15.3. The molecule has 0 saturated carbocycles. The standard InChI is InChI=1S/C19H18ClFN4O2S/c1-12-14(21)7-5-8-15(12)22-18(26)11-28-19-24-23-17(25(19)2)10-27-16-9-4-3-6-13(16)20/h3-9H,10-11H2,1-2H3,(H,22,26). The lowest BCUT2D eigenvalue weighted by Gasteiger charge is -2.09. The summed E-state index contributed by atoms with van der Waals surface area (Å²) in [5, 5.41) is 12.0. The molecule has 0 atom stereocenters. The smallest absolute Gasteiger partial charge is 0.234 e. The molecule has 3 aromatic rings. The molecule has 0 aliphatic carbocycles. The van der Waals surface area contributed by atoms with E-state index < -0.39 is 0 Å². The van der Waals surface area contributed by atoms with Crippen LogP contribution in [0.2, 0.25) is 5.02 Å². The largest absolute Gasteiger partial charge is 0.484 e. The third kappa shape index (κ3) is 4.82. The number of nitrogens with one attached hydrogen (secondary N) is 1. The fourth-order valence-corrected chi connectivity index (χ4v) is 3.28. The molecular weight excluding hydrogens is 403 g/mol. The molecule has 1 heterocycles. The highest BCUT2D eigenvalue weighted by molar-refractivity contribution is 7.99. The summed E-state index contributed by atoms with van der Waals surface area (Å²) in [5.41, 5.74) is 0.857. The molecule has 1 N–H and O–H groups in total. The van der Waals surface area contributed by atoms with E-state index in [0.717, 1.165) is 0 Å². The van der Waals surface area contributed by atoms with E-state index in [9.17, 15) is 9.18 Å². The van der Waals surface area contributed by atoms with Gasteiger partial charge in [-0.3, -0.25) is 4.79 Å². The second-order valence-electron chi connectivity index (χ2n) is 5.93. The Morgan fingerprint density at radius 2 is 2.04 bits per heavy atom. The van der Waals surface area contributed by atoms with Crippen LogP contribution < -0.4 is 10.1 Å². The second kappa shape index (κ2) is 9.07. The Kier molecular flexibility index (Phi) is 6.53. The van der Waals surface area contributed by atoms with Crippen molar-refractivity contribution in [3.63, 3.8) is 0 Å². The van der Waals surface area contributed by atoms with E-state index in [2.05, 4.69) is 15.5 Å². The van der Waals surface area contributed by atoms with Gasteiger partial charge in [0, 0.05) is 18.3 Å². The first-order valence-corrected chi connectivity index (χ1v) is 9.75. The van der Waals surface area contributed by atoms with Gasteiger partial charge in [0.05, 0.1) is 10.8 Å². The first-order valence-electron chi connectivity index (χ1n) is 8.39. The summed E-state index contributed by atoms with van der Waals surface area (Å²) < 4.78 is 21.0. The van der Waals surface area contributed by atoms with E-state index in [4.69, 9.17) is 16.3 Å². The minimum absolute atomic E-state index is 0.118. The van der Waals surface area contributed by atoms with E-state index in [1.54, 1.807) is 42.8 Å². The molecule has 146 valence electrons. The van der Waals surface area contributed by atoms with Crippen molar-refractivity contribution in [3.05, 3.63) is 64.7 Å². The molecule has 2 aromatic carbocycles. The summed E-state index contributed by atoms with van der Waals surface area (Å²) in [5.74, 6) is 0.667. The van der Waals surface area contributed by atoms with Crippen molar-refractivity contribution in [2.24, 2.45) is 7.05 Å². The number of para-hydroxylation sites is 1. The van der Waals surface area contributed by atoms with Gasteiger partial charge in [0.2, 0.25) is 5.91 Å². The van der Waals surface area contributed by atoms with Gasteiger partial charge in [0.25, 0.3) is 0 Å². The van der Waals surface area contributed by atoms with Crippen molar-refractivity contribution < 1.29 is 13.9 Å². The van der Waals surface area contributed by atoms with Crippen LogP contribution in [0.3, 0.4) is 0 Å². The minimum Gasteiger partial charge on any atom is -0.484 e. The van der Waals surface area contributed by atoms with E-state index in [1.165, 1.54) is 17.8 Å². The number of ether oxygens (including phenoxy) is 1. The lowest BCUT2D eigenvalue weighted by Crippen LogP contribution is -2.15. The van der Waals surface area contributed by atoms with Gasteiger partial charge < -0.3 is 14.6 Å². The van der Waals surface area contributed by atoms with Gasteiger partial charge >= 0.3 is 0 Å². The van der Waals surface area contributed by atoms with Crippen LogP contribution in [0.25, 0.3) is 0 Å². The average molecular weight is 421 g/mol. The van der Waals surface area contributed by atoms with Gasteiger partial charge in [0.1, 0.15) is 18.2 Å². The van der Waals surface area contributed by atoms with Gasteiger partial charge in [-0.05, 0) is 31.2 Å². The molecule has 28 heavy (non-hydrogen) atoms. The Balaban J connectivity index is 1.56. The second-order valence-corrected chi connectivity index (χ2v) is 7.28. The molecule has 6 nitrogen and oxygen atoms in total. The van der Waals surface area contributed by atoms with Gasteiger partial charge in [-0.1, -0.05) is 41.6 Å². The summed E-state index contributed by atoms with van der Waals surface area (Å²) in [6, 6.07) is 11.7. The molecule has 0 spiro atoms. The lowest BCUT2D eigenvalue weighted by atomic mass is 10.2. The van der Waals surface area contributed by atoms with Crippen LogP contribution in [0.15, 0.2) is 47.6 Å². The number of anilines is 1. The van der Waals surface area contributed by atoms with Gasteiger partial charge in [-0.25, -0.2) is 4.39 Å². The SMILES string of the molecule is Cc1c(F)cccc1NC(=O)CSc1nnc(COc2ccccc2Cl)n1C. The molecular formula is C19H18ClFN4O2S. The number of thioether (sulfide) groups is 1. The van der Waals surface area contributed by atoms with Crippen molar-refractivity contribution in [2.45, 2.75) is 18.7 Å². The fraction of sp³-hybridized carbons (Fsp3) is 0.211. The number of amides is 1. The van der Waals surface area contributed by atoms with Crippen LogP contribution in [0.5, 0.6) is 5.75 Å². The number of rotatable bonds is 7. The maximum absolute atomic E-state index is 13.6. The van der Waals surface area contributed by atoms with Crippen molar-refractivity contribution >= 4 is 35.0 Å². The van der Waals surface area contributed by atoms with Crippen molar-refractivity contribution in [1.82, 2.24) is 14.8 Å². The highest BCUT2D eigenvalue weighted by atomic mass is 35.5. The van der Waals surface area contributed by atoms with Crippen LogP contribution >= 0.6 is 23.4 Å². The van der Waals surface area contributed by atoms with Gasteiger partial charge in [-0.15, -0.1) is 10.2 Å². The first-order chi connectivity index (χ1) is 13.5. The van der Waals surface area contributed by atoms with E-state index >= 15 is 0 Å². The molecule has 3 rings (SSSR count). The summed E-state index contributed by atoms with van der Waals surface area (Å²) in [6.45, 7) is 1.81. The Morgan fingerprint density at radius 1 is 1.25 bits per heavy atom. The Morgan fingerprint density at radius 3 is 2.82 bits per heavy atom. The van der Waals surface area contributed by atoms with Crippen molar-refractivity contribution in [2.75, 3.05) is 11.1 Å². The molecule has 0 saturated heterocycles. The Hall–Kier alpha value is -2.58. The molecule has 0 unspecified atom stereocenters. The highest BCUT2D eigenvalue weighted by Crippen LogP contribution is 2.24. The fourth-order valence-electron chi connectivity index (χ4n) is 2.36. The molecule has 0 aliphatic heterocycles. The predicted octanol–water partition coefficient (Wildman–Crippen LogP) is 4.23. The van der Waals surface area contributed by atoms with Crippen LogP contribution in [0, 0.1) is 12.7 Å². The normalized spacial score (nSPS) is 10.7. The third-order valence-corrected chi connectivity index (χ3v) is 5.33. The quantitative estimate of drug-likeness (QED) is 0.579. The zero-order chi connectivity index (χ0) is 20.1. The topological polar surface area (TPSA) is 69.0 Å². The number of nitrogens with zero attached hydrogens (tertiary/aromatic N) is 3. The Labute approximate surface area is 171 Å². The molecule has 0 fully saturated rings. The average Bonchev–Trinajstić information content (AvgIpc) is 3.03. The molecule has 0 aliphatic rings. The summed E-state index contributed by atoms with van der Waals surface area (Å²) >= 11 is 7.30. The number of hydrogen-bond acceptors (Lipinski definition) is 5. The third-order valence-electron chi connectivity index (χ3n) is 3.99. The molecule has 1 aromatic heterocycles. The molecule has 0 bridgehead atoms. The first kappa shape index (κ1) is 20.2. The van der Waals surface area contributed by atoms with Crippen LogP contribution in [0.4, 0.5) is 10.1 Å². The Bertz CT molecular complexity index is 996. The van der Waals surface area contributed by atoms with Crippen LogP contribution in [-0.2, 0) is 18.4 Å². The zero-order valence-corrected chi connectivity index (χ0v) is 16.9. The summed E-state index contributed by atoms with van der Waals surface area (Å²) in [4.78, 5) is 12.2. The number of carbonyl (C=O) groups excluding carboxylic acids is 1. The van der Waals surface area contributed by atoms with Gasteiger partial charge in [-0.2, -0.15) is 0 Å². The van der Waals surface area contributed by atoms with Crippen LogP contribution in [0.1, 0.15) is 11.4 Å². The summed E-state index contributed by atoms with van der Waals surface area (Å²) in [7, 11) is 1.79. The van der Waals surface area contributed by atoms with E-state index in [-0.39, 0.29) is 24.1 Å². The lowest BCUT2D eigenvalue weighted by molar-refractivity contribution is -0.113. The van der Waals surface area contributed by atoms with Crippen molar-refractivity contribution in [3.8, 4) is 5.75 Å². The monoisotopic (exact) mass is 420 g/mol. The number of carbonyl (C=O) groups is 1. The van der Waals surface area contributed by atoms with Crippen LogP contribution in [-0.4, -0.2) is 26.4 Å². The maximum atomic E-state index is 13.6. The highest BCUT2D eigenvalue weighted by Gasteiger charge is 2.13. The van der Waals surface area contributed by atoms with Gasteiger partial charge in [0.15, 0.2) is 11.0 Å². The van der Waals surface area contributed by atoms with E-state index in [1.807, 2.05) is 12.1 Å². The molecule has 9 heteroatoms. The number of hydrogen-bond donors (Lipinski definition) is 1. The van der Waals surface area contributed by atoms with Crippen molar-refractivity contribution in [1.29, 1.82) is 0 Å². The predicted molar refractivity (Wildman–Crippen MR) is 107 cm³/mol. The molecule has 1 amide bonds. The number of aromatic nitrogens is 3. The minimum atomic E-state index is -0.359. The van der Waals surface area contributed by atoms with E-state index in [0.29, 0.717) is 33.0 Å². The maximum Gasteiger partial charge on any atom is 0.234 e.